The zero-order valence-electron chi connectivity index (χ0n) is 22.8. The fourth-order valence-corrected chi connectivity index (χ4v) is 9.16. The Kier molecular flexibility index (Phi) is 4.75. The lowest BCUT2D eigenvalue weighted by atomic mass is 10.00. The Balaban J connectivity index is 1.47. The van der Waals surface area contributed by atoms with Gasteiger partial charge in [-0.2, -0.15) is 0 Å². The van der Waals surface area contributed by atoms with Crippen LogP contribution in [0.15, 0.2) is 127 Å². The van der Waals surface area contributed by atoms with E-state index in [4.69, 9.17) is 9.97 Å². The highest BCUT2D eigenvalue weighted by molar-refractivity contribution is 7.27. The molecule has 0 saturated carbocycles. The van der Waals surface area contributed by atoms with Gasteiger partial charge in [0.1, 0.15) is 4.83 Å². The van der Waals surface area contributed by atoms with Gasteiger partial charge in [0.25, 0.3) is 0 Å². The molecule has 0 bridgehead atoms. The average molecular weight is 584 g/mol. The molecule has 0 aliphatic carbocycles. The van der Waals surface area contributed by atoms with Gasteiger partial charge in [-0.05, 0) is 23.6 Å². The lowest BCUT2D eigenvalue weighted by Crippen LogP contribution is -2.03. The number of rotatable bonds is 2. The van der Waals surface area contributed by atoms with Crippen LogP contribution in [0.2, 0.25) is 0 Å². The summed E-state index contributed by atoms with van der Waals surface area (Å²) >= 11 is 3.61. The molecule has 10 rings (SSSR count). The van der Waals surface area contributed by atoms with Gasteiger partial charge in [0.15, 0.2) is 0 Å². The lowest BCUT2D eigenvalue weighted by molar-refractivity contribution is 1.02. The first-order valence-corrected chi connectivity index (χ1v) is 16.0. The quantitative estimate of drug-likeness (QED) is 0.203. The van der Waals surface area contributed by atoms with Gasteiger partial charge >= 0.3 is 0 Å². The van der Waals surface area contributed by atoms with E-state index in [1.807, 2.05) is 11.3 Å². The zero-order valence-corrected chi connectivity index (χ0v) is 24.4. The standard InChI is InChI=1S/C38H21N3S2/c1-2-12-22(13-3-1)34-32-26-17-7-11-21-30(26)43-37(32)40-38(39-34)41-28-19-9-6-16-25(28)31-23-14-4-5-15-24(23)36-33(35(31)41)27-18-8-10-20-29(27)42-36/h1-21H. The highest BCUT2D eigenvalue weighted by Gasteiger charge is 2.24. The van der Waals surface area contributed by atoms with Crippen molar-refractivity contribution in [3.8, 4) is 17.2 Å². The Morgan fingerprint density at radius 1 is 0.465 bits per heavy atom. The number of para-hydroxylation sites is 1. The smallest absolute Gasteiger partial charge is 0.236 e. The van der Waals surface area contributed by atoms with E-state index in [9.17, 15) is 0 Å². The Morgan fingerprint density at radius 2 is 1.07 bits per heavy atom. The number of aromatic nitrogens is 3. The van der Waals surface area contributed by atoms with Crippen molar-refractivity contribution in [2.45, 2.75) is 0 Å². The third-order valence-corrected chi connectivity index (χ3v) is 10.9. The van der Waals surface area contributed by atoms with Gasteiger partial charge in [-0.3, -0.25) is 4.57 Å². The maximum Gasteiger partial charge on any atom is 0.236 e. The molecule has 0 atom stereocenters. The Bertz CT molecular complexity index is 2730. The van der Waals surface area contributed by atoms with Crippen LogP contribution in [-0.2, 0) is 0 Å². The Labute approximate surface area is 253 Å². The summed E-state index contributed by atoms with van der Waals surface area (Å²) in [6.45, 7) is 0. The van der Waals surface area contributed by atoms with Crippen molar-refractivity contribution >= 4 is 95.7 Å². The van der Waals surface area contributed by atoms with Crippen LogP contribution < -0.4 is 0 Å². The molecule has 5 heteroatoms. The number of fused-ring (bicyclic) bond motifs is 13. The van der Waals surface area contributed by atoms with Crippen molar-refractivity contribution in [1.29, 1.82) is 0 Å². The Morgan fingerprint density at radius 3 is 1.86 bits per heavy atom. The summed E-state index contributed by atoms with van der Waals surface area (Å²) in [6, 6.07) is 45.5. The van der Waals surface area contributed by atoms with Crippen LogP contribution in [0, 0.1) is 0 Å². The van der Waals surface area contributed by atoms with Gasteiger partial charge in [0, 0.05) is 57.4 Å². The van der Waals surface area contributed by atoms with Crippen molar-refractivity contribution in [2.75, 3.05) is 0 Å². The minimum Gasteiger partial charge on any atom is -0.277 e. The maximum absolute atomic E-state index is 5.45. The van der Waals surface area contributed by atoms with Crippen LogP contribution in [0.1, 0.15) is 0 Å². The fourth-order valence-electron chi connectivity index (χ4n) is 6.84. The maximum atomic E-state index is 5.45. The predicted molar refractivity (Wildman–Crippen MR) is 185 cm³/mol. The number of benzene rings is 6. The van der Waals surface area contributed by atoms with E-state index < -0.39 is 0 Å². The fraction of sp³-hybridized carbons (Fsp3) is 0. The van der Waals surface area contributed by atoms with E-state index >= 15 is 0 Å². The van der Waals surface area contributed by atoms with Crippen molar-refractivity contribution in [1.82, 2.24) is 14.5 Å². The van der Waals surface area contributed by atoms with E-state index in [0.29, 0.717) is 5.95 Å². The SMILES string of the molecule is c1ccc(-c2nc(-n3c4ccccc4c4c5ccccc5c5sc6ccccc6c5c43)nc3sc4ccccc4c23)cc1. The van der Waals surface area contributed by atoms with E-state index in [0.717, 1.165) is 27.0 Å². The summed E-state index contributed by atoms with van der Waals surface area (Å²) in [4.78, 5) is 11.8. The molecule has 43 heavy (non-hydrogen) atoms. The van der Waals surface area contributed by atoms with E-state index in [1.165, 1.54) is 57.3 Å². The van der Waals surface area contributed by atoms with Gasteiger partial charge in [-0.1, -0.05) is 109 Å². The van der Waals surface area contributed by atoms with Gasteiger partial charge < -0.3 is 0 Å². The van der Waals surface area contributed by atoms with Crippen molar-refractivity contribution in [3.63, 3.8) is 0 Å². The molecule has 0 spiro atoms. The van der Waals surface area contributed by atoms with Crippen molar-refractivity contribution in [2.24, 2.45) is 0 Å². The predicted octanol–water partition coefficient (Wildman–Crippen LogP) is 11.1. The molecule has 6 aromatic carbocycles. The molecule has 0 unspecified atom stereocenters. The molecule has 0 amide bonds. The molecule has 3 nitrogen and oxygen atoms in total. The molecule has 0 N–H and O–H groups in total. The highest BCUT2D eigenvalue weighted by Crippen LogP contribution is 2.48. The monoisotopic (exact) mass is 583 g/mol. The molecule has 200 valence electrons. The van der Waals surface area contributed by atoms with Crippen LogP contribution in [0.3, 0.4) is 0 Å². The van der Waals surface area contributed by atoms with Gasteiger partial charge in [-0.15, -0.1) is 22.7 Å². The molecule has 10 aromatic rings. The van der Waals surface area contributed by atoms with Gasteiger partial charge in [0.2, 0.25) is 5.95 Å². The molecular formula is C38H21N3S2. The molecule has 0 aliphatic rings. The third kappa shape index (κ3) is 3.18. The summed E-state index contributed by atoms with van der Waals surface area (Å²) in [5.41, 5.74) is 4.35. The lowest BCUT2D eigenvalue weighted by Gasteiger charge is -2.11. The molecule has 0 fully saturated rings. The molecule has 4 aromatic heterocycles. The van der Waals surface area contributed by atoms with E-state index in [-0.39, 0.29) is 0 Å². The minimum absolute atomic E-state index is 0.705. The molecule has 0 saturated heterocycles. The first kappa shape index (κ1) is 23.5. The number of thiophene rings is 2. The summed E-state index contributed by atoms with van der Waals surface area (Å²) in [5, 5.41) is 9.88. The first-order chi connectivity index (χ1) is 21.3. The number of hydrogen-bond acceptors (Lipinski definition) is 4. The second-order valence-corrected chi connectivity index (χ2v) is 13.0. The topological polar surface area (TPSA) is 30.7 Å². The van der Waals surface area contributed by atoms with Crippen LogP contribution in [0.25, 0.3) is 90.3 Å². The third-order valence-electron chi connectivity index (χ3n) is 8.62. The minimum atomic E-state index is 0.705. The highest BCUT2D eigenvalue weighted by atomic mass is 32.1. The summed E-state index contributed by atoms with van der Waals surface area (Å²) in [7, 11) is 0. The molecule has 4 heterocycles. The number of nitrogens with zero attached hydrogens (tertiary/aromatic N) is 3. The van der Waals surface area contributed by atoms with Gasteiger partial charge in [-0.25, -0.2) is 9.97 Å². The normalized spacial score (nSPS) is 12.2. The Hall–Kier alpha value is -5.10. The van der Waals surface area contributed by atoms with E-state index in [1.54, 1.807) is 11.3 Å². The second kappa shape index (κ2) is 8.71. The average Bonchev–Trinajstić information content (AvgIpc) is 3.74. The number of hydrogen-bond donors (Lipinski definition) is 0. The zero-order chi connectivity index (χ0) is 28.1. The molecular weight excluding hydrogens is 563 g/mol. The summed E-state index contributed by atoms with van der Waals surface area (Å²) in [5.74, 6) is 0.705. The van der Waals surface area contributed by atoms with E-state index in [2.05, 4.69) is 132 Å². The summed E-state index contributed by atoms with van der Waals surface area (Å²) in [6.07, 6.45) is 0. The van der Waals surface area contributed by atoms with Crippen LogP contribution in [0.5, 0.6) is 0 Å². The van der Waals surface area contributed by atoms with Crippen LogP contribution in [0.4, 0.5) is 0 Å². The van der Waals surface area contributed by atoms with Gasteiger partial charge in [0.05, 0.1) is 16.7 Å². The second-order valence-electron chi connectivity index (χ2n) is 10.9. The van der Waals surface area contributed by atoms with Crippen LogP contribution >= 0.6 is 22.7 Å². The first-order valence-electron chi connectivity index (χ1n) is 14.4. The van der Waals surface area contributed by atoms with Crippen molar-refractivity contribution in [3.05, 3.63) is 127 Å². The molecule has 0 radical (unpaired) electrons. The van der Waals surface area contributed by atoms with Crippen molar-refractivity contribution < 1.29 is 0 Å². The molecule has 0 aliphatic heterocycles. The largest absolute Gasteiger partial charge is 0.277 e. The van der Waals surface area contributed by atoms with Crippen LogP contribution in [-0.4, -0.2) is 14.5 Å². The summed E-state index contributed by atoms with van der Waals surface area (Å²) < 4.78 is 6.15.